The van der Waals surface area contributed by atoms with E-state index in [2.05, 4.69) is 15.3 Å². The highest BCUT2D eigenvalue weighted by Gasteiger charge is 2.03. The molecule has 0 aliphatic heterocycles. The predicted octanol–water partition coefficient (Wildman–Crippen LogP) is 0.503. The highest BCUT2D eigenvalue weighted by Crippen LogP contribution is 2.18. The Hall–Kier alpha value is -1.88. The molecule has 0 amide bonds. The van der Waals surface area contributed by atoms with E-state index in [4.69, 9.17) is 5.73 Å². The molecule has 0 spiro atoms. The van der Waals surface area contributed by atoms with E-state index >= 15 is 0 Å². The van der Waals surface area contributed by atoms with E-state index in [1.165, 1.54) is 0 Å². The maximum Gasteiger partial charge on any atom is 0.165 e. The Labute approximate surface area is 86.7 Å². The summed E-state index contributed by atoms with van der Waals surface area (Å²) in [6.45, 7) is 0.298. The van der Waals surface area contributed by atoms with Crippen molar-refractivity contribution in [1.29, 1.82) is 0 Å². The summed E-state index contributed by atoms with van der Waals surface area (Å²) in [6.07, 6.45) is 1.63. The molecular weight excluding hydrogens is 192 g/mol. The summed E-state index contributed by atoms with van der Waals surface area (Å²) in [6, 6.07) is 5.71. The molecule has 78 valence electrons. The molecule has 2 rings (SSSR count). The molecule has 0 unspecified atom stereocenters. The van der Waals surface area contributed by atoms with Crippen LogP contribution >= 0.6 is 0 Å². The van der Waals surface area contributed by atoms with Gasteiger partial charge in [-0.15, -0.1) is 0 Å². The number of hydrogen-bond acceptors (Lipinski definition) is 4. The molecule has 1 heterocycles. The molecule has 0 atom stereocenters. The number of anilines is 1. The average molecular weight is 204 g/mol. The van der Waals surface area contributed by atoms with Gasteiger partial charge in [-0.25, -0.2) is 4.98 Å². The van der Waals surface area contributed by atoms with Gasteiger partial charge in [0, 0.05) is 0 Å². The smallest absolute Gasteiger partial charge is 0.165 e. The van der Waals surface area contributed by atoms with Crippen LogP contribution in [-0.4, -0.2) is 28.8 Å². The number of rotatable bonds is 4. The number of para-hydroxylation sites is 1. The van der Waals surface area contributed by atoms with E-state index in [-0.39, 0.29) is 18.9 Å². The molecule has 0 aliphatic carbocycles. The van der Waals surface area contributed by atoms with Gasteiger partial charge in [0.05, 0.1) is 30.6 Å². The van der Waals surface area contributed by atoms with Crippen LogP contribution in [0.1, 0.15) is 0 Å². The Kier molecular flexibility index (Phi) is 2.64. The largest absolute Gasteiger partial charge is 0.376 e. The molecule has 2 aromatic rings. The quantitative estimate of drug-likeness (QED) is 0.677. The lowest BCUT2D eigenvalue weighted by atomic mass is 10.2. The van der Waals surface area contributed by atoms with Crippen LogP contribution in [0, 0.1) is 0 Å². The first-order valence-corrected chi connectivity index (χ1v) is 4.69. The number of carbonyl (C=O) groups excluding carboxylic acids is 1. The van der Waals surface area contributed by atoms with Gasteiger partial charge in [-0.3, -0.25) is 4.79 Å². The molecule has 5 nitrogen and oxygen atoms in total. The number of fused-ring (bicyclic) bond motifs is 1. The first kappa shape index (κ1) is 9.67. The SMILES string of the molecule is NCC(=O)CNc1cccc2[nH]cnc12. The lowest BCUT2D eigenvalue weighted by molar-refractivity contribution is -0.116. The Morgan fingerprint density at radius 2 is 2.40 bits per heavy atom. The molecular formula is C10H12N4O. The highest BCUT2D eigenvalue weighted by atomic mass is 16.1. The fourth-order valence-corrected chi connectivity index (χ4v) is 1.37. The molecule has 0 saturated heterocycles. The van der Waals surface area contributed by atoms with Crippen molar-refractivity contribution in [2.45, 2.75) is 0 Å². The fourth-order valence-electron chi connectivity index (χ4n) is 1.37. The monoisotopic (exact) mass is 204 g/mol. The normalized spacial score (nSPS) is 10.5. The van der Waals surface area contributed by atoms with Crippen molar-refractivity contribution in [3.05, 3.63) is 24.5 Å². The Bertz CT molecular complexity index is 477. The van der Waals surface area contributed by atoms with Crippen molar-refractivity contribution in [3.8, 4) is 0 Å². The van der Waals surface area contributed by atoms with Crippen LogP contribution in [0.2, 0.25) is 0 Å². The van der Waals surface area contributed by atoms with Crippen molar-refractivity contribution in [2.24, 2.45) is 5.73 Å². The number of H-pyrrole nitrogens is 1. The number of Topliss-reactive ketones (excluding diaryl/α,β-unsaturated/α-hetero) is 1. The first-order valence-electron chi connectivity index (χ1n) is 4.69. The Morgan fingerprint density at radius 1 is 1.53 bits per heavy atom. The van der Waals surface area contributed by atoms with Gasteiger partial charge in [0.15, 0.2) is 5.78 Å². The number of carbonyl (C=O) groups is 1. The standard InChI is InChI=1S/C10H12N4O/c11-4-7(15)5-12-8-2-1-3-9-10(8)14-6-13-9/h1-3,6,12H,4-5,11H2,(H,13,14). The van der Waals surface area contributed by atoms with Crippen LogP contribution in [0.15, 0.2) is 24.5 Å². The molecule has 1 aromatic heterocycles. The summed E-state index contributed by atoms with van der Waals surface area (Å²) in [5.74, 6) is -0.0254. The molecule has 1 aromatic carbocycles. The van der Waals surface area contributed by atoms with Crippen molar-refractivity contribution >= 4 is 22.5 Å². The fraction of sp³-hybridized carbons (Fsp3) is 0.200. The van der Waals surface area contributed by atoms with Gasteiger partial charge in [0.2, 0.25) is 0 Å². The number of nitrogens with one attached hydrogen (secondary N) is 2. The van der Waals surface area contributed by atoms with E-state index in [1.807, 2.05) is 18.2 Å². The van der Waals surface area contributed by atoms with Crippen LogP contribution < -0.4 is 11.1 Å². The topological polar surface area (TPSA) is 83.8 Å². The van der Waals surface area contributed by atoms with Crippen LogP contribution in [0.5, 0.6) is 0 Å². The highest BCUT2D eigenvalue weighted by molar-refractivity contribution is 5.91. The maximum absolute atomic E-state index is 11.0. The van der Waals surface area contributed by atoms with Gasteiger partial charge in [-0.05, 0) is 12.1 Å². The van der Waals surface area contributed by atoms with Crippen LogP contribution in [0.4, 0.5) is 5.69 Å². The summed E-state index contributed by atoms with van der Waals surface area (Å²) in [4.78, 5) is 18.2. The number of hydrogen-bond donors (Lipinski definition) is 3. The van der Waals surface area contributed by atoms with E-state index < -0.39 is 0 Å². The van der Waals surface area contributed by atoms with Gasteiger partial charge >= 0.3 is 0 Å². The van der Waals surface area contributed by atoms with E-state index in [9.17, 15) is 4.79 Å². The number of aromatic amines is 1. The zero-order chi connectivity index (χ0) is 10.7. The van der Waals surface area contributed by atoms with E-state index in [0.29, 0.717) is 0 Å². The first-order chi connectivity index (χ1) is 7.31. The second-order valence-electron chi connectivity index (χ2n) is 3.20. The third-order valence-electron chi connectivity index (χ3n) is 2.15. The number of imidazole rings is 1. The third-order valence-corrected chi connectivity index (χ3v) is 2.15. The second-order valence-corrected chi connectivity index (χ2v) is 3.20. The summed E-state index contributed by atoms with van der Waals surface area (Å²) >= 11 is 0. The number of nitrogens with zero attached hydrogens (tertiary/aromatic N) is 1. The lowest BCUT2D eigenvalue weighted by Crippen LogP contribution is -2.22. The summed E-state index contributed by atoms with van der Waals surface area (Å²) in [7, 11) is 0. The molecule has 4 N–H and O–H groups in total. The van der Waals surface area contributed by atoms with Gasteiger partial charge in [0.25, 0.3) is 0 Å². The second kappa shape index (κ2) is 4.10. The van der Waals surface area contributed by atoms with Crippen molar-refractivity contribution in [1.82, 2.24) is 9.97 Å². The Balaban J connectivity index is 2.20. The minimum atomic E-state index is -0.0254. The molecule has 15 heavy (non-hydrogen) atoms. The summed E-state index contributed by atoms with van der Waals surface area (Å²) in [5.41, 5.74) is 7.84. The number of aromatic nitrogens is 2. The lowest BCUT2D eigenvalue weighted by Gasteiger charge is -2.04. The minimum absolute atomic E-state index is 0.0254. The van der Waals surface area contributed by atoms with Gasteiger partial charge in [0.1, 0.15) is 5.52 Å². The average Bonchev–Trinajstić information content (AvgIpc) is 2.74. The van der Waals surface area contributed by atoms with Gasteiger partial charge < -0.3 is 16.0 Å². The van der Waals surface area contributed by atoms with Crippen molar-refractivity contribution in [2.75, 3.05) is 18.4 Å². The number of ketones is 1. The Morgan fingerprint density at radius 3 is 3.20 bits per heavy atom. The molecule has 0 fully saturated rings. The zero-order valence-electron chi connectivity index (χ0n) is 8.16. The predicted molar refractivity (Wildman–Crippen MR) is 58.6 cm³/mol. The number of benzene rings is 1. The van der Waals surface area contributed by atoms with E-state index in [1.54, 1.807) is 6.33 Å². The maximum atomic E-state index is 11.0. The summed E-state index contributed by atoms with van der Waals surface area (Å²) < 4.78 is 0. The van der Waals surface area contributed by atoms with Gasteiger partial charge in [-0.1, -0.05) is 6.07 Å². The molecule has 0 radical (unpaired) electrons. The minimum Gasteiger partial charge on any atom is -0.376 e. The summed E-state index contributed by atoms with van der Waals surface area (Å²) in [5, 5.41) is 3.01. The van der Waals surface area contributed by atoms with Crippen molar-refractivity contribution in [3.63, 3.8) is 0 Å². The molecule has 0 bridgehead atoms. The third kappa shape index (κ3) is 1.97. The molecule has 0 saturated carbocycles. The van der Waals surface area contributed by atoms with Crippen LogP contribution in [0.3, 0.4) is 0 Å². The zero-order valence-corrected chi connectivity index (χ0v) is 8.16. The number of nitrogens with two attached hydrogens (primary N) is 1. The van der Waals surface area contributed by atoms with Crippen LogP contribution in [-0.2, 0) is 4.79 Å². The molecule has 5 heteroatoms. The van der Waals surface area contributed by atoms with Crippen LogP contribution in [0.25, 0.3) is 11.0 Å². The molecule has 0 aliphatic rings. The van der Waals surface area contributed by atoms with E-state index in [0.717, 1.165) is 16.7 Å². The van der Waals surface area contributed by atoms with Gasteiger partial charge in [-0.2, -0.15) is 0 Å². The van der Waals surface area contributed by atoms with Crippen molar-refractivity contribution < 1.29 is 4.79 Å².